The molecule has 1 rings (SSSR count). The van der Waals surface area contributed by atoms with Gasteiger partial charge in [-0.15, -0.1) is 0 Å². The van der Waals surface area contributed by atoms with Gasteiger partial charge >= 0.3 is 0 Å². The lowest BCUT2D eigenvalue weighted by atomic mass is 10.1. The highest BCUT2D eigenvalue weighted by molar-refractivity contribution is 7.90. The molecule has 0 bridgehead atoms. The summed E-state index contributed by atoms with van der Waals surface area (Å²) in [5.41, 5.74) is 0. The molecule has 1 aliphatic heterocycles. The average molecular weight is 262 g/mol. The number of sulfone groups is 1. The van der Waals surface area contributed by atoms with Crippen LogP contribution >= 0.6 is 0 Å². The fraction of sp³-hybridized carbons (Fsp3) is 1.00. The molecule has 0 aromatic rings. The number of hydrogen-bond donors (Lipinski definition) is 1. The van der Waals surface area contributed by atoms with Gasteiger partial charge in [0.05, 0.1) is 5.75 Å². The van der Waals surface area contributed by atoms with Crippen molar-refractivity contribution in [2.75, 3.05) is 31.6 Å². The first-order valence-electron chi connectivity index (χ1n) is 6.43. The third kappa shape index (κ3) is 5.84. The lowest BCUT2D eigenvalue weighted by Crippen LogP contribution is -2.37. The van der Waals surface area contributed by atoms with Gasteiger partial charge in [-0.2, -0.15) is 0 Å². The van der Waals surface area contributed by atoms with Gasteiger partial charge in [-0.05, 0) is 46.2 Å². The van der Waals surface area contributed by atoms with Crippen molar-refractivity contribution in [3.05, 3.63) is 0 Å². The first kappa shape index (κ1) is 14.9. The van der Waals surface area contributed by atoms with E-state index in [0.717, 1.165) is 13.1 Å². The highest BCUT2D eigenvalue weighted by atomic mass is 32.2. The maximum absolute atomic E-state index is 11.1. The van der Waals surface area contributed by atoms with Crippen LogP contribution in [0, 0.1) is 5.92 Å². The standard InChI is InChI=1S/C12H26N2O2S/c1-10(2)14-6-5-12(8-14)7-13-11(3)9-17(4,15)16/h10-13H,5-9H2,1-4H3. The molecule has 17 heavy (non-hydrogen) atoms. The van der Waals surface area contributed by atoms with Gasteiger partial charge in [-0.1, -0.05) is 0 Å². The molecule has 1 heterocycles. The van der Waals surface area contributed by atoms with Crippen molar-refractivity contribution in [1.82, 2.24) is 10.2 Å². The molecule has 1 fully saturated rings. The quantitative estimate of drug-likeness (QED) is 0.767. The zero-order chi connectivity index (χ0) is 13.1. The Morgan fingerprint density at radius 2 is 2.00 bits per heavy atom. The molecule has 1 N–H and O–H groups in total. The SMILES string of the molecule is CC(CS(C)(=O)=O)NCC1CCN(C(C)C)C1. The first-order valence-corrected chi connectivity index (χ1v) is 8.49. The molecule has 0 aliphatic carbocycles. The Hall–Kier alpha value is -0.130. The Kier molecular flexibility index (Phi) is 5.41. The van der Waals surface area contributed by atoms with Crippen LogP contribution in [0.1, 0.15) is 27.2 Å². The van der Waals surface area contributed by atoms with Crippen LogP contribution in [0.5, 0.6) is 0 Å². The zero-order valence-corrected chi connectivity index (χ0v) is 12.3. The van der Waals surface area contributed by atoms with E-state index in [1.54, 1.807) is 0 Å². The molecule has 1 aliphatic rings. The van der Waals surface area contributed by atoms with Gasteiger partial charge in [0, 0.05) is 24.9 Å². The topological polar surface area (TPSA) is 49.4 Å². The summed E-state index contributed by atoms with van der Waals surface area (Å²) in [5, 5.41) is 3.33. The van der Waals surface area contributed by atoms with Crippen LogP contribution in [0.15, 0.2) is 0 Å². The summed E-state index contributed by atoms with van der Waals surface area (Å²) in [7, 11) is -2.87. The van der Waals surface area contributed by atoms with Gasteiger partial charge in [0.15, 0.2) is 0 Å². The third-order valence-electron chi connectivity index (χ3n) is 3.36. The molecule has 0 radical (unpaired) electrons. The van der Waals surface area contributed by atoms with Crippen molar-refractivity contribution < 1.29 is 8.42 Å². The van der Waals surface area contributed by atoms with Crippen LogP contribution in [0.2, 0.25) is 0 Å². The molecule has 0 saturated carbocycles. The second-order valence-electron chi connectivity index (χ2n) is 5.65. The van der Waals surface area contributed by atoms with E-state index in [1.165, 1.54) is 19.2 Å². The second kappa shape index (κ2) is 6.16. The summed E-state index contributed by atoms with van der Waals surface area (Å²) in [6.07, 6.45) is 2.51. The minimum atomic E-state index is -2.87. The Balaban J connectivity index is 2.24. The van der Waals surface area contributed by atoms with Crippen molar-refractivity contribution in [3.8, 4) is 0 Å². The molecular formula is C12H26N2O2S. The molecule has 102 valence electrons. The average Bonchev–Trinajstić information content (AvgIpc) is 2.60. The smallest absolute Gasteiger partial charge is 0.148 e. The number of rotatable bonds is 6. The van der Waals surface area contributed by atoms with E-state index >= 15 is 0 Å². The lowest BCUT2D eigenvalue weighted by molar-refractivity contribution is 0.263. The van der Waals surface area contributed by atoms with Gasteiger partial charge in [-0.3, -0.25) is 0 Å². The van der Waals surface area contributed by atoms with Crippen LogP contribution in [0.4, 0.5) is 0 Å². The van der Waals surface area contributed by atoms with E-state index < -0.39 is 9.84 Å². The van der Waals surface area contributed by atoms with E-state index in [4.69, 9.17) is 0 Å². The fourth-order valence-electron chi connectivity index (χ4n) is 2.38. The maximum Gasteiger partial charge on any atom is 0.148 e. The fourth-order valence-corrected chi connectivity index (χ4v) is 3.41. The number of nitrogens with zero attached hydrogens (tertiary/aromatic N) is 1. The Bertz CT molecular complexity index is 327. The van der Waals surface area contributed by atoms with Crippen LogP contribution in [0.3, 0.4) is 0 Å². The van der Waals surface area contributed by atoms with Crippen molar-refractivity contribution in [3.63, 3.8) is 0 Å². The molecule has 2 unspecified atom stereocenters. The number of likely N-dealkylation sites (tertiary alicyclic amines) is 1. The normalized spacial score (nSPS) is 24.4. The Labute approximate surface area is 106 Å². The van der Waals surface area contributed by atoms with E-state index in [0.29, 0.717) is 12.0 Å². The minimum absolute atomic E-state index is 0.0538. The van der Waals surface area contributed by atoms with Gasteiger partial charge in [0.2, 0.25) is 0 Å². The molecule has 1 saturated heterocycles. The van der Waals surface area contributed by atoms with Gasteiger partial charge in [0.25, 0.3) is 0 Å². The largest absolute Gasteiger partial charge is 0.313 e. The molecule has 0 aromatic heterocycles. The number of nitrogens with one attached hydrogen (secondary N) is 1. The summed E-state index contributed by atoms with van der Waals surface area (Å²) in [5.74, 6) is 0.896. The molecule has 2 atom stereocenters. The zero-order valence-electron chi connectivity index (χ0n) is 11.4. The van der Waals surface area contributed by atoms with Crippen LogP contribution < -0.4 is 5.32 Å². The summed E-state index contributed by atoms with van der Waals surface area (Å²) in [6, 6.07) is 0.673. The second-order valence-corrected chi connectivity index (χ2v) is 7.83. The molecule has 4 nitrogen and oxygen atoms in total. The van der Waals surface area contributed by atoms with Gasteiger partial charge in [0.1, 0.15) is 9.84 Å². The van der Waals surface area contributed by atoms with Crippen LogP contribution in [-0.2, 0) is 9.84 Å². The van der Waals surface area contributed by atoms with Crippen molar-refractivity contribution in [1.29, 1.82) is 0 Å². The lowest BCUT2D eigenvalue weighted by Gasteiger charge is -2.21. The van der Waals surface area contributed by atoms with Crippen molar-refractivity contribution >= 4 is 9.84 Å². The molecule has 5 heteroatoms. The molecule has 0 amide bonds. The van der Waals surface area contributed by atoms with Crippen molar-refractivity contribution in [2.45, 2.75) is 39.3 Å². The van der Waals surface area contributed by atoms with Crippen molar-refractivity contribution in [2.24, 2.45) is 5.92 Å². The molecular weight excluding hydrogens is 236 g/mol. The summed E-state index contributed by atoms with van der Waals surface area (Å²) >= 11 is 0. The van der Waals surface area contributed by atoms with Crippen LogP contribution in [-0.4, -0.2) is 57.0 Å². The minimum Gasteiger partial charge on any atom is -0.313 e. The van der Waals surface area contributed by atoms with Crippen LogP contribution in [0.25, 0.3) is 0 Å². The third-order valence-corrected chi connectivity index (χ3v) is 4.46. The Morgan fingerprint density at radius 3 is 2.47 bits per heavy atom. The predicted molar refractivity (Wildman–Crippen MR) is 72.0 cm³/mol. The summed E-state index contributed by atoms with van der Waals surface area (Å²) < 4.78 is 22.3. The number of hydrogen-bond acceptors (Lipinski definition) is 4. The monoisotopic (exact) mass is 262 g/mol. The summed E-state index contributed by atoms with van der Waals surface area (Å²) in [4.78, 5) is 2.48. The van der Waals surface area contributed by atoms with Gasteiger partial charge in [-0.25, -0.2) is 8.42 Å². The van der Waals surface area contributed by atoms with E-state index in [2.05, 4.69) is 24.1 Å². The highest BCUT2D eigenvalue weighted by Gasteiger charge is 2.24. The molecule has 0 spiro atoms. The van der Waals surface area contributed by atoms with E-state index in [-0.39, 0.29) is 11.8 Å². The highest BCUT2D eigenvalue weighted by Crippen LogP contribution is 2.17. The summed E-state index contributed by atoms with van der Waals surface area (Å²) in [6.45, 7) is 9.63. The molecule has 0 aromatic carbocycles. The Morgan fingerprint density at radius 1 is 1.35 bits per heavy atom. The maximum atomic E-state index is 11.1. The first-order chi connectivity index (χ1) is 7.78. The predicted octanol–water partition coefficient (Wildman–Crippen LogP) is 0.739. The van der Waals surface area contributed by atoms with E-state index in [1.807, 2.05) is 6.92 Å². The van der Waals surface area contributed by atoms with E-state index in [9.17, 15) is 8.42 Å². The van der Waals surface area contributed by atoms with Gasteiger partial charge < -0.3 is 10.2 Å².